The van der Waals surface area contributed by atoms with Gasteiger partial charge in [0.25, 0.3) is 0 Å². The molecule has 7 heteroatoms. The summed E-state index contributed by atoms with van der Waals surface area (Å²) in [6.45, 7) is 6.11. The molecule has 0 aromatic carbocycles. The van der Waals surface area contributed by atoms with Crippen molar-refractivity contribution in [2.75, 3.05) is 32.7 Å². The fourth-order valence-electron chi connectivity index (χ4n) is 3.31. The lowest BCUT2D eigenvalue weighted by molar-refractivity contribution is -0.135. The predicted octanol–water partition coefficient (Wildman–Crippen LogP) is 1.99. The number of piperidine rings is 1. The van der Waals surface area contributed by atoms with Crippen molar-refractivity contribution in [2.45, 2.75) is 25.7 Å². The van der Waals surface area contributed by atoms with Crippen LogP contribution in [0.25, 0.3) is 11.6 Å². The Kier molecular flexibility index (Phi) is 4.10. The van der Waals surface area contributed by atoms with E-state index >= 15 is 0 Å². The van der Waals surface area contributed by atoms with Gasteiger partial charge in [-0.1, -0.05) is 12.1 Å². The molecule has 4 heterocycles. The first kappa shape index (κ1) is 15.4. The molecule has 2 saturated heterocycles. The van der Waals surface area contributed by atoms with Gasteiger partial charge in [0.2, 0.25) is 17.6 Å². The second kappa shape index (κ2) is 6.39. The maximum Gasteiger partial charge on any atom is 0.238 e. The fourth-order valence-corrected chi connectivity index (χ4v) is 3.31. The van der Waals surface area contributed by atoms with Crippen molar-refractivity contribution < 1.29 is 13.7 Å². The first-order valence-electron chi connectivity index (χ1n) is 8.56. The Balaban J connectivity index is 1.27. The summed E-state index contributed by atoms with van der Waals surface area (Å²) in [6, 6.07) is 3.60. The van der Waals surface area contributed by atoms with E-state index in [0.29, 0.717) is 24.0 Å². The van der Waals surface area contributed by atoms with Crippen LogP contribution in [0.15, 0.2) is 27.3 Å². The third-order valence-corrected chi connectivity index (χ3v) is 4.98. The van der Waals surface area contributed by atoms with Gasteiger partial charge in [-0.05, 0) is 30.9 Å². The van der Waals surface area contributed by atoms with E-state index in [4.69, 9.17) is 8.94 Å². The van der Waals surface area contributed by atoms with Crippen LogP contribution in [0.1, 0.15) is 31.6 Å². The standard InChI is InChI=1S/C17H22N4O3/c1-12-4-6-21(7-5-12)15(22)11-20-9-13(10-20)17-18-16(19-24-17)14-3-2-8-23-14/h2-3,8,12-13H,4-7,9-11H2,1H3. The molecule has 128 valence electrons. The molecular weight excluding hydrogens is 308 g/mol. The monoisotopic (exact) mass is 330 g/mol. The Hall–Kier alpha value is -2.15. The second-order valence-corrected chi connectivity index (χ2v) is 6.89. The summed E-state index contributed by atoms with van der Waals surface area (Å²) in [5.74, 6) is 2.89. The summed E-state index contributed by atoms with van der Waals surface area (Å²) in [5.41, 5.74) is 0. The Bertz CT molecular complexity index is 683. The quantitative estimate of drug-likeness (QED) is 0.853. The maximum atomic E-state index is 12.3. The van der Waals surface area contributed by atoms with E-state index < -0.39 is 0 Å². The van der Waals surface area contributed by atoms with E-state index in [0.717, 1.165) is 44.9 Å². The fraction of sp³-hybridized carbons (Fsp3) is 0.588. The Morgan fingerprint density at radius 1 is 1.33 bits per heavy atom. The van der Waals surface area contributed by atoms with Crippen LogP contribution in [0.4, 0.5) is 0 Å². The molecule has 4 rings (SSSR count). The minimum absolute atomic E-state index is 0.204. The number of carbonyl (C=O) groups excluding carboxylic acids is 1. The topological polar surface area (TPSA) is 75.6 Å². The highest BCUT2D eigenvalue weighted by Crippen LogP contribution is 2.28. The molecule has 0 unspecified atom stereocenters. The maximum absolute atomic E-state index is 12.3. The summed E-state index contributed by atoms with van der Waals surface area (Å²) in [6.07, 6.45) is 3.82. The van der Waals surface area contributed by atoms with E-state index in [9.17, 15) is 4.79 Å². The number of hydrogen-bond donors (Lipinski definition) is 0. The molecule has 1 amide bonds. The largest absolute Gasteiger partial charge is 0.461 e. The first-order valence-corrected chi connectivity index (χ1v) is 8.56. The highest BCUT2D eigenvalue weighted by Gasteiger charge is 2.35. The van der Waals surface area contributed by atoms with Gasteiger partial charge in [-0.25, -0.2) is 0 Å². The molecule has 2 fully saturated rings. The molecular formula is C17H22N4O3. The van der Waals surface area contributed by atoms with E-state index in [1.807, 2.05) is 4.90 Å². The number of furan rings is 1. The average molecular weight is 330 g/mol. The smallest absolute Gasteiger partial charge is 0.238 e. The molecule has 0 spiro atoms. The van der Waals surface area contributed by atoms with Gasteiger partial charge in [0.1, 0.15) is 0 Å². The number of hydrogen-bond acceptors (Lipinski definition) is 6. The molecule has 2 aliphatic heterocycles. The highest BCUT2D eigenvalue weighted by atomic mass is 16.5. The zero-order chi connectivity index (χ0) is 16.5. The van der Waals surface area contributed by atoms with Crippen LogP contribution in [0.2, 0.25) is 0 Å². The van der Waals surface area contributed by atoms with E-state index in [2.05, 4.69) is 22.0 Å². The lowest BCUT2D eigenvalue weighted by Crippen LogP contribution is -2.51. The van der Waals surface area contributed by atoms with Crippen molar-refractivity contribution in [1.29, 1.82) is 0 Å². The van der Waals surface area contributed by atoms with Crippen molar-refractivity contribution in [3.8, 4) is 11.6 Å². The van der Waals surface area contributed by atoms with Crippen molar-refractivity contribution in [2.24, 2.45) is 5.92 Å². The van der Waals surface area contributed by atoms with E-state index in [-0.39, 0.29) is 11.8 Å². The normalized spacial score (nSPS) is 20.3. The average Bonchev–Trinajstić information content (AvgIpc) is 3.21. The molecule has 0 radical (unpaired) electrons. The van der Waals surface area contributed by atoms with Crippen LogP contribution in [0.5, 0.6) is 0 Å². The van der Waals surface area contributed by atoms with Gasteiger partial charge in [-0.2, -0.15) is 4.98 Å². The summed E-state index contributed by atoms with van der Waals surface area (Å²) >= 11 is 0. The molecule has 2 aromatic heterocycles. The summed E-state index contributed by atoms with van der Waals surface area (Å²) in [5, 5.41) is 3.95. The number of nitrogens with zero attached hydrogens (tertiary/aromatic N) is 4. The lowest BCUT2D eigenvalue weighted by atomic mass is 9.98. The van der Waals surface area contributed by atoms with Gasteiger partial charge < -0.3 is 13.8 Å². The van der Waals surface area contributed by atoms with Crippen LogP contribution >= 0.6 is 0 Å². The molecule has 0 saturated carbocycles. The van der Waals surface area contributed by atoms with Crippen molar-refractivity contribution >= 4 is 5.91 Å². The SMILES string of the molecule is CC1CCN(C(=O)CN2CC(c3nc(-c4ccco4)no3)C2)CC1. The van der Waals surface area contributed by atoms with Crippen molar-refractivity contribution in [3.63, 3.8) is 0 Å². The van der Waals surface area contributed by atoms with Gasteiger partial charge in [0.15, 0.2) is 5.76 Å². The summed E-state index contributed by atoms with van der Waals surface area (Å²) < 4.78 is 10.6. The van der Waals surface area contributed by atoms with Crippen LogP contribution in [0, 0.1) is 5.92 Å². The Morgan fingerprint density at radius 3 is 2.83 bits per heavy atom. The summed E-state index contributed by atoms with van der Waals surface area (Å²) in [7, 11) is 0. The van der Waals surface area contributed by atoms with Crippen molar-refractivity contribution in [3.05, 3.63) is 24.3 Å². The van der Waals surface area contributed by atoms with Gasteiger partial charge in [0, 0.05) is 26.2 Å². The Labute approximate surface area is 140 Å². The molecule has 7 nitrogen and oxygen atoms in total. The Morgan fingerprint density at radius 2 is 2.12 bits per heavy atom. The molecule has 0 bridgehead atoms. The lowest BCUT2D eigenvalue weighted by Gasteiger charge is -2.38. The third-order valence-electron chi connectivity index (χ3n) is 4.98. The summed E-state index contributed by atoms with van der Waals surface area (Å²) in [4.78, 5) is 20.9. The van der Waals surface area contributed by atoms with Gasteiger partial charge in [-0.15, -0.1) is 0 Å². The zero-order valence-electron chi connectivity index (χ0n) is 13.9. The third kappa shape index (κ3) is 3.08. The molecule has 0 aliphatic carbocycles. The zero-order valence-corrected chi connectivity index (χ0v) is 13.9. The number of carbonyl (C=O) groups is 1. The molecule has 2 aliphatic rings. The minimum Gasteiger partial charge on any atom is -0.461 e. The highest BCUT2D eigenvalue weighted by molar-refractivity contribution is 5.78. The van der Waals surface area contributed by atoms with E-state index in [1.54, 1.807) is 18.4 Å². The van der Waals surface area contributed by atoms with Gasteiger partial charge in [-0.3, -0.25) is 9.69 Å². The van der Waals surface area contributed by atoms with Crippen LogP contribution in [-0.4, -0.2) is 58.6 Å². The van der Waals surface area contributed by atoms with Gasteiger partial charge >= 0.3 is 0 Å². The number of likely N-dealkylation sites (tertiary alicyclic amines) is 2. The molecule has 2 aromatic rings. The van der Waals surface area contributed by atoms with Crippen LogP contribution < -0.4 is 0 Å². The predicted molar refractivity (Wildman–Crippen MR) is 86.2 cm³/mol. The van der Waals surface area contributed by atoms with Gasteiger partial charge in [0.05, 0.1) is 18.7 Å². The van der Waals surface area contributed by atoms with E-state index in [1.165, 1.54) is 0 Å². The minimum atomic E-state index is 0.204. The molecule has 0 atom stereocenters. The number of rotatable bonds is 4. The first-order chi connectivity index (χ1) is 11.7. The number of aromatic nitrogens is 2. The van der Waals surface area contributed by atoms with Crippen LogP contribution in [0.3, 0.4) is 0 Å². The molecule has 0 N–H and O–H groups in total. The second-order valence-electron chi connectivity index (χ2n) is 6.89. The van der Waals surface area contributed by atoms with Crippen LogP contribution in [-0.2, 0) is 4.79 Å². The number of amides is 1. The molecule has 24 heavy (non-hydrogen) atoms. The van der Waals surface area contributed by atoms with Crippen molar-refractivity contribution in [1.82, 2.24) is 19.9 Å².